The Bertz CT molecular complexity index is 722. The van der Waals surface area contributed by atoms with E-state index in [9.17, 15) is 19.4 Å². The van der Waals surface area contributed by atoms with Gasteiger partial charge in [-0.05, 0) is 6.07 Å². The number of rotatable bonds is 3. The van der Waals surface area contributed by atoms with Crippen molar-refractivity contribution in [3.05, 3.63) is 35.1 Å². The summed E-state index contributed by atoms with van der Waals surface area (Å²) in [4.78, 5) is 15.3. The third-order valence-electron chi connectivity index (χ3n) is 3.52. The van der Waals surface area contributed by atoms with Crippen LogP contribution in [0.4, 0.5) is 10.2 Å². The van der Waals surface area contributed by atoms with Crippen molar-refractivity contribution in [2.45, 2.75) is 24.2 Å². The summed E-state index contributed by atoms with van der Waals surface area (Å²) in [6.45, 7) is -0.772. The zero-order chi connectivity index (χ0) is 15.9. The highest BCUT2D eigenvalue weighted by Crippen LogP contribution is 2.41. The summed E-state index contributed by atoms with van der Waals surface area (Å²) >= 11 is 0. The highest BCUT2D eigenvalue weighted by atomic mass is 19.1. The zero-order valence-electron chi connectivity index (χ0n) is 11.2. The maximum atomic E-state index is 14.5. The molecule has 11 heteroatoms. The number of aliphatic hydroxyl groups is 2. The average Bonchev–Trinajstić information content (AvgIpc) is 3.10. The fraction of sp³-hybridized carbons (Fsp3) is 0.455. The predicted octanol–water partition coefficient (Wildman–Crippen LogP) is -2.01. The Hall–Kier alpha value is -2.37. The lowest BCUT2D eigenvalue weighted by Crippen LogP contribution is -2.48. The van der Waals surface area contributed by atoms with E-state index in [1.807, 2.05) is 0 Å². The van der Waals surface area contributed by atoms with Gasteiger partial charge in [0.05, 0.1) is 12.8 Å². The van der Waals surface area contributed by atoms with Crippen LogP contribution in [-0.4, -0.2) is 53.6 Å². The second-order valence-corrected chi connectivity index (χ2v) is 4.79. The van der Waals surface area contributed by atoms with E-state index >= 15 is 0 Å². The first-order chi connectivity index (χ1) is 10.5. The standard InChI is InChI=1S/C11H13FN6O4/c12-7-8(20)11(5-19,18-4-2-14-16-18)22-9(7)17-3-1-6(13)15-10(17)21/h1-4,7-9,19-20H,5H2,(H2,13,15,21)/t7-,8-,9+,11+/m0/s1. The minimum absolute atomic E-state index is 0.0279. The summed E-state index contributed by atoms with van der Waals surface area (Å²) in [5.41, 5.74) is 2.65. The molecule has 22 heavy (non-hydrogen) atoms. The third-order valence-corrected chi connectivity index (χ3v) is 3.52. The maximum Gasteiger partial charge on any atom is 0.351 e. The van der Waals surface area contributed by atoms with Crippen molar-refractivity contribution in [3.8, 4) is 0 Å². The second-order valence-electron chi connectivity index (χ2n) is 4.79. The number of aliphatic hydroxyl groups excluding tert-OH is 2. The van der Waals surface area contributed by atoms with Crippen LogP contribution < -0.4 is 11.4 Å². The topological polar surface area (TPSA) is 141 Å². The molecule has 1 aliphatic rings. The van der Waals surface area contributed by atoms with Crippen molar-refractivity contribution in [2.24, 2.45) is 0 Å². The smallest absolute Gasteiger partial charge is 0.351 e. The average molecular weight is 312 g/mol. The maximum absolute atomic E-state index is 14.5. The molecule has 2 aromatic rings. The SMILES string of the molecule is Nc1ccn([C@@H]2O[C@@](CO)(n3ccnn3)[C@@H](O)[C@@H]2F)c(=O)n1. The van der Waals surface area contributed by atoms with Crippen LogP contribution in [0.15, 0.2) is 29.5 Å². The van der Waals surface area contributed by atoms with Gasteiger partial charge in [-0.1, -0.05) is 5.21 Å². The normalized spacial score (nSPS) is 31.5. The fourth-order valence-corrected chi connectivity index (χ4v) is 2.38. The molecule has 0 radical (unpaired) electrons. The van der Waals surface area contributed by atoms with Crippen LogP contribution in [0.1, 0.15) is 6.23 Å². The predicted molar refractivity (Wildman–Crippen MR) is 69.0 cm³/mol. The molecule has 2 aromatic heterocycles. The van der Waals surface area contributed by atoms with E-state index in [-0.39, 0.29) is 5.82 Å². The monoisotopic (exact) mass is 312 g/mol. The molecule has 0 aromatic carbocycles. The van der Waals surface area contributed by atoms with Gasteiger partial charge >= 0.3 is 5.69 Å². The van der Waals surface area contributed by atoms with Gasteiger partial charge in [-0.15, -0.1) is 5.10 Å². The van der Waals surface area contributed by atoms with Gasteiger partial charge in [0.1, 0.15) is 11.9 Å². The lowest BCUT2D eigenvalue weighted by molar-refractivity contribution is -0.187. The van der Waals surface area contributed by atoms with Crippen molar-refractivity contribution in [1.82, 2.24) is 24.5 Å². The Morgan fingerprint density at radius 3 is 2.86 bits per heavy atom. The Morgan fingerprint density at radius 2 is 2.27 bits per heavy atom. The van der Waals surface area contributed by atoms with Crippen LogP contribution in [-0.2, 0) is 10.5 Å². The number of nitrogen functional groups attached to an aromatic ring is 1. The summed E-state index contributed by atoms with van der Waals surface area (Å²) in [5.74, 6) is -0.0279. The number of hydrogen-bond acceptors (Lipinski definition) is 8. The highest BCUT2D eigenvalue weighted by molar-refractivity contribution is 5.23. The molecule has 1 fully saturated rings. The van der Waals surface area contributed by atoms with Gasteiger partial charge < -0.3 is 20.7 Å². The first kappa shape index (κ1) is 14.6. The van der Waals surface area contributed by atoms with Gasteiger partial charge in [-0.3, -0.25) is 4.57 Å². The molecule has 1 aliphatic heterocycles. The molecule has 3 heterocycles. The van der Waals surface area contributed by atoms with Gasteiger partial charge in [0.2, 0.25) is 5.72 Å². The summed E-state index contributed by atoms with van der Waals surface area (Å²) in [7, 11) is 0. The van der Waals surface area contributed by atoms with Gasteiger partial charge in [-0.2, -0.15) is 4.98 Å². The zero-order valence-corrected chi connectivity index (χ0v) is 11.2. The molecule has 0 unspecified atom stereocenters. The number of aromatic nitrogens is 5. The molecule has 118 valence electrons. The van der Waals surface area contributed by atoms with Gasteiger partial charge in [0.25, 0.3) is 0 Å². The fourth-order valence-electron chi connectivity index (χ4n) is 2.38. The van der Waals surface area contributed by atoms with Crippen LogP contribution in [0.25, 0.3) is 0 Å². The summed E-state index contributed by atoms with van der Waals surface area (Å²) in [6.07, 6.45) is -1.48. The number of alkyl halides is 1. The van der Waals surface area contributed by atoms with Crippen LogP contribution in [0.2, 0.25) is 0 Å². The van der Waals surface area contributed by atoms with Crippen molar-refractivity contribution in [2.75, 3.05) is 12.3 Å². The van der Waals surface area contributed by atoms with E-state index in [0.717, 1.165) is 9.25 Å². The number of halogens is 1. The third kappa shape index (κ3) is 1.98. The molecule has 0 bridgehead atoms. The van der Waals surface area contributed by atoms with E-state index < -0.39 is 36.5 Å². The van der Waals surface area contributed by atoms with E-state index in [1.165, 1.54) is 24.7 Å². The van der Waals surface area contributed by atoms with Crippen molar-refractivity contribution >= 4 is 5.82 Å². The molecule has 0 spiro atoms. The molecular formula is C11H13FN6O4. The van der Waals surface area contributed by atoms with Crippen molar-refractivity contribution in [1.29, 1.82) is 0 Å². The summed E-state index contributed by atoms with van der Waals surface area (Å²) < 4.78 is 21.7. The Labute approximate surface area is 122 Å². The van der Waals surface area contributed by atoms with E-state index in [2.05, 4.69) is 15.3 Å². The van der Waals surface area contributed by atoms with E-state index in [4.69, 9.17) is 10.5 Å². The van der Waals surface area contributed by atoms with Crippen molar-refractivity contribution in [3.63, 3.8) is 0 Å². The number of anilines is 1. The molecule has 4 atom stereocenters. The molecular weight excluding hydrogens is 299 g/mol. The quantitative estimate of drug-likeness (QED) is 0.590. The van der Waals surface area contributed by atoms with Gasteiger partial charge in [0.15, 0.2) is 12.4 Å². The molecule has 0 saturated carbocycles. The minimum Gasteiger partial charge on any atom is -0.391 e. The van der Waals surface area contributed by atoms with Gasteiger partial charge in [-0.25, -0.2) is 13.9 Å². The van der Waals surface area contributed by atoms with Crippen LogP contribution in [0, 0.1) is 0 Å². The van der Waals surface area contributed by atoms with Crippen LogP contribution in [0.5, 0.6) is 0 Å². The van der Waals surface area contributed by atoms with Crippen LogP contribution in [0.3, 0.4) is 0 Å². The summed E-state index contributed by atoms with van der Waals surface area (Å²) in [6, 6.07) is 1.29. The van der Waals surface area contributed by atoms with E-state index in [1.54, 1.807) is 0 Å². The lowest BCUT2D eigenvalue weighted by Gasteiger charge is -2.29. The largest absolute Gasteiger partial charge is 0.391 e. The Morgan fingerprint density at radius 1 is 1.50 bits per heavy atom. The van der Waals surface area contributed by atoms with E-state index in [0.29, 0.717) is 0 Å². The number of nitrogens with zero attached hydrogens (tertiary/aromatic N) is 5. The molecule has 4 N–H and O–H groups in total. The second kappa shape index (κ2) is 5.12. The van der Waals surface area contributed by atoms with Crippen molar-refractivity contribution < 1.29 is 19.3 Å². The molecule has 0 amide bonds. The minimum atomic E-state index is -2.00. The number of ether oxygens (including phenoxy) is 1. The molecule has 1 saturated heterocycles. The molecule has 10 nitrogen and oxygen atoms in total. The number of nitrogens with two attached hydrogens (primary N) is 1. The molecule has 3 rings (SSSR count). The first-order valence-electron chi connectivity index (χ1n) is 6.32. The van der Waals surface area contributed by atoms with Crippen LogP contribution >= 0.6 is 0 Å². The molecule has 0 aliphatic carbocycles. The first-order valence-corrected chi connectivity index (χ1v) is 6.32. The highest BCUT2D eigenvalue weighted by Gasteiger charge is 2.58. The summed E-state index contributed by atoms with van der Waals surface area (Å²) in [5, 5.41) is 26.9. The Kier molecular flexibility index (Phi) is 3.39. The number of hydrogen-bond donors (Lipinski definition) is 3. The lowest BCUT2D eigenvalue weighted by atomic mass is 10.1. The Balaban J connectivity index is 2.04. The van der Waals surface area contributed by atoms with Gasteiger partial charge in [0, 0.05) is 12.4 Å².